The maximum absolute atomic E-state index is 14.7. The molecule has 7 nitrogen and oxygen atoms in total. The van der Waals surface area contributed by atoms with Gasteiger partial charge in [0.05, 0.1) is 34.1 Å². The molecule has 194 valence electrons. The van der Waals surface area contributed by atoms with Gasteiger partial charge in [0, 0.05) is 41.0 Å². The number of carboxylic acid groups (broad SMARTS) is 1. The number of hydrogen-bond acceptors (Lipinski definition) is 5. The van der Waals surface area contributed by atoms with Gasteiger partial charge in [-0.2, -0.15) is 0 Å². The largest absolute Gasteiger partial charge is 0.512 e. The molecule has 3 N–H and O–H groups in total. The second-order valence-electron chi connectivity index (χ2n) is 9.87. The second-order valence-corrected chi connectivity index (χ2v) is 9.87. The predicted octanol–water partition coefficient (Wildman–Crippen LogP) is 7.04. The van der Waals surface area contributed by atoms with Gasteiger partial charge in [0.15, 0.2) is 0 Å². The number of allylic oxidation sites excluding steroid dienone is 2. The average molecular weight is 513 g/mol. The number of carbonyl (C=O) groups is 1. The lowest BCUT2D eigenvalue weighted by Gasteiger charge is -2.26. The average Bonchev–Trinajstić information content (AvgIpc) is 3.53. The van der Waals surface area contributed by atoms with E-state index in [1.807, 2.05) is 30.5 Å². The predicted molar refractivity (Wildman–Crippen MR) is 145 cm³/mol. The number of fused-ring (bicyclic) bond motifs is 1. The topological polar surface area (TPSA) is 112 Å². The number of carboxylic acids is 1. The Bertz CT molecular complexity index is 1570. The normalized spacial score (nSPS) is 15.4. The molecule has 1 unspecified atom stereocenters. The van der Waals surface area contributed by atoms with Crippen LogP contribution < -0.4 is 0 Å². The van der Waals surface area contributed by atoms with Crippen molar-refractivity contribution in [2.24, 2.45) is 5.92 Å². The molecule has 0 saturated heterocycles. The Balaban J connectivity index is 1.79. The lowest BCUT2D eigenvalue weighted by Crippen LogP contribution is -2.19. The van der Waals surface area contributed by atoms with Crippen molar-refractivity contribution in [2.75, 3.05) is 0 Å². The van der Waals surface area contributed by atoms with Crippen LogP contribution in [-0.4, -0.2) is 36.4 Å². The molecule has 1 fully saturated rings. The van der Waals surface area contributed by atoms with E-state index in [0.29, 0.717) is 33.7 Å². The highest BCUT2D eigenvalue weighted by molar-refractivity contribution is 6.22. The van der Waals surface area contributed by atoms with E-state index in [2.05, 4.69) is 4.57 Å². The van der Waals surface area contributed by atoms with Crippen LogP contribution in [0.15, 0.2) is 66.8 Å². The van der Waals surface area contributed by atoms with Gasteiger partial charge in [0.1, 0.15) is 5.82 Å². The third-order valence-electron chi connectivity index (χ3n) is 7.34. The lowest BCUT2D eigenvalue weighted by atomic mass is 9.94. The Morgan fingerprint density at radius 1 is 1.11 bits per heavy atom. The number of aromatic nitrogens is 3. The third kappa shape index (κ3) is 4.58. The van der Waals surface area contributed by atoms with E-state index in [0.717, 1.165) is 36.9 Å². The number of nitrogens with one attached hydrogen (secondary N) is 1. The van der Waals surface area contributed by atoms with Crippen molar-refractivity contribution in [3.8, 4) is 11.1 Å². The standard InChI is InChI=1S/C30H29FN4O3/c1-17(32)27(18(2)36)21-14-26-28(34-15-21)23(20-10-11-22(30(37)38)24(31)13-20)16-35(26)29(19-7-3-4-8-19)25-9-5-6-12-33-25/h5-6,9-16,19,29,32,36H,3-4,7-8H2,1-2H3,(H,37,38)/b27-18+,32-17?. The highest BCUT2D eigenvalue weighted by atomic mass is 19.1. The SMILES string of the molecule is CC(=N)/C(=C(/C)O)c1cnc2c(-c3ccc(C(=O)O)c(F)c3)cn(C(c3ccccn3)C3CCCC3)c2c1. The van der Waals surface area contributed by atoms with Crippen LogP contribution in [0.3, 0.4) is 0 Å². The molecule has 38 heavy (non-hydrogen) atoms. The van der Waals surface area contributed by atoms with E-state index in [9.17, 15) is 19.4 Å². The molecule has 5 rings (SSSR count). The molecule has 1 aromatic carbocycles. The summed E-state index contributed by atoms with van der Waals surface area (Å²) in [7, 11) is 0. The molecule has 1 aliphatic carbocycles. The van der Waals surface area contributed by atoms with E-state index < -0.39 is 11.8 Å². The molecule has 0 amide bonds. The molecule has 3 heterocycles. The third-order valence-corrected chi connectivity index (χ3v) is 7.34. The summed E-state index contributed by atoms with van der Waals surface area (Å²) in [5, 5.41) is 27.8. The minimum Gasteiger partial charge on any atom is -0.512 e. The fourth-order valence-electron chi connectivity index (χ4n) is 5.69. The number of nitrogens with zero attached hydrogens (tertiary/aromatic N) is 3. The summed E-state index contributed by atoms with van der Waals surface area (Å²) in [6.45, 7) is 3.16. The number of benzene rings is 1. The van der Waals surface area contributed by atoms with Gasteiger partial charge in [-0.3, -0.25) is 9.97 Å². The number of rotatable bonds is 7. The summed E-state index contributed by atoms with van der Waals surface area (Å²) >= 11 is 0. The van der Waals surface area contributed by atoms with Gasteiger partial charge < -0.3 is 20.2 Å². The first-order chi connectivity index (χ1) is 18.3. The first-order valence-corrected chi connectivity index (χ1v) is 12.7. The Morgan fingerprint density at radius 3 is 2.47 bits per heavy atom. The van der Waals surface area contributed by atoms with Crippen LogP contribution in [-0.2, 0) is 0 Å². The smallest absolute Gasteiger partial charge is 0.338 e. The fraction of sp³-hybridized carbons (Fsp3) is 0.267. The van der Waals surface area contributed by atoms with Crippen LogP contribution in [0, 0.1) is 17.1 Å². The number of aliphatic hydroxyl groups is 1. The summed E-state index contributed by atoms with van der Waals surface area (Å²) in [4.78, 5) is 20.8. The minimum atomic E-state index is -1.32. The number of pyridine rings is 2. The molecule has 8 heteroatoms. The van der Waals surface area contributed by atoms with Crippen LogP contribution >= 0.6 is 0 Å². The van der Waals surface area contributed by atoms with Gasteiger partial charge in [0.2, 0.25) is 0 Å². The summed E-state index contributed by atoms with van der Waals surface area (Å²) in [6, 6.07) is 11.8. The minimum absolute atomic E-state index is 0.0281. The Hall–Kier alpha value is -4.33. The van der Waals surface area contributed by atoms with Gasteiger partial charge in [-0.15, -0.1) is 0 Å². The molecule has 0 aliphatic heterocycles. The fourth-order valence-corrected chi connectivity index (χ4v) is 5.69. The molecule has 1 saturated carbocycles. The van der Waals surface area contributed by atoms with Gasteiger partial charge in [-0.05, 0) is 68.5 Å². The van der Waals surface area contributed by atoms with Crippen LogP contribution in [0.1, 0.15) is 67.2 Å². The summed E-state index contributed by atoms with van der Waals surface area (Å²) in [6.07, 6.45) is 9.70. The highest BCUT2D eigenvalue weighted by Gasteiger charge is 2.31. The monoisotopic (exact) mass is 512 g/mol. The van der Waals surface area contributed by atoms with E-state index in [1.165, 1.54) is 12.1 Å². The van der Waals surface area contributed by atoms with Gasteiger partial charge in [-0.25, -0.2) is 9.18 Å². The van der Waals surface area contributed by atoms with Crippen molar-refractivity contribution in [1.82, 2.24) is 14.5 Å². The number of aromatic carboxylic acids is 1. The molecule has 1 atom stereocenters. The number of hydrogen-bond donors (Lipinski definition) is 3. The van der Waals surface area contributed by atoms with E-state index in [1.54, 1.807) is 32.3 Å². The molecule has 0 spiro atoms. The number of halogens is 1. The first-order valence-electron chi connectivity index (χ1n) is 12.7. The Kier molecular flexibility index (Phi) is 6.80. The van der Waals surface area contributed by atoms with Crippen molar-refractivity contribution < 1.29 is 19.4 Å². The number of aliphatic hydroxyl groups excluding tert-OH is 1. The summed E-state index contributed by atoms with van der Waals surface area (Å²) in [5.74, 6) is -1.77. The van der Waals surface area contributed by atoms with Crippen molar-refractivity contribution in [2.45, 2.75) is 45.6 Å². The molecule has 3 aromatic heterocycles. The zero-order chi connectivity index (χ0) is 27.0. The maximum Gasteiger partial charge on any atom is 0.338 e. The first kappa shape index (κ1) is 25.3. The van der Waals surface area contributed by atoms with Crippen LogP contribution in [0.4, 0.5) is 4.39 Å². The van der Waals surface area contributed by atoms with Crippen LogP contribution in [0.2, 0.25) is 0 Å². The zero-order valence-corrected chi connectivity index (χ0v) is 21.3. The Labute approximate surface area is 219 Å². The molecular weight excluding hydrogens is 483 g/mol. The second kappa shape index (κ2) is 10.2. The molecule has 0 bridgehead atoms. The summed E-state index contributed by atoms with van der Waals surface area (Å²) in [5.41, 5.74) is 4.32. The molecular formula is C30H29FN4O3. The molecule has 4 aromatic rings. The Morgan fingerprint density at radius 2 is 1.87 bits per heavy atom. The van der Waals surface area contributed by atoms with E-state index >= 15 is 0 Å². The van der Waals surface area contributed by atoms with Crippen molar-refractivity contribution >= 4 is 28.3 Å². The van der Waals surface area contributed by atoms with E-state index in [4.69, 9.17) is 15.4 Å². The van der Waals surface area contributed by atoms with Gasteiger partial charge in [-0.1, -0.05) is 25.0 Å². The van der Waals surface area contributed by atoms with Crippen LogP contribution in [0.25, 0.3) is 27.7 Å². The van der Waals surface area contributed by atoms with Crippen LogP contribution in [0.5, 0.6) is 0 Å². The van der Waals surface area contributed by atoms with Crippen molar-refractivity contribution in [1.29, 1.82) is 5.41 Å². The van der Waals surface area contributed by atoms with Crippen molar-refractivity contribution in [3.63, 3.8) is 0 Å². The van der Waals surface area contributed by atoms with Crippen molar-refractivity contribution in [3.05, 3.63) is 89.5 Å². The van der Waals surface area contributed by atoms with Gasteiger partial charge >= 0.3 is 5.97 Å². The molecule has 1 aliphatic rings. The highest BCUT2D eigenvalue weighted by Crippen LogP contribution is 2.42. The molecule has 0 radical (unpaired) electrons. The van der Waals surface area contributed by atoms with E-state index in [-0.39, 0.29) is 23.1 Å². The summed E-state index contributed by atoms with van der Waals surface area (Å²) < 4.78 is 16.9. The van der Waals surface area contributed by atoms with Gasteiger partial charge in [0.25, 0.3) is 0 Å². The lowest BCUT2D eigenvalue weighted by molar-refractivity contribution is 0.0692. The zero-order valence-electron chi connectivity index (χ0n) is 21.3. The quantitative estimate of drug-likeness (QED) is 0.182. The maximum atomic E-state index is 14.7.